The van der Waals surface area contributed by atoms with E-state index in [-0.39, 0.29) is 40.5 Å². The first-order valence-electron chi connectivity index (χ1n) is 8.89. The molecular formula is C21H20FN3O4S. The van der Waals surface area contributed by atoms with Gasteiger partial charge in [-0.25, -0.2) is 22.5 Å². The van der Waals surface area contributed by atoms with E-state index >= 15 is 0 Å². The molecule has 0 aliphatic heterocycles. The van der Waals surface area contributed by atoms with Crippen molar-refractivity contribution in [2.75, 3.05) is 12.0 Å². The quantitative estimate of drug-likeness (QED) is 0.518. The molecule has 156 valence electrons. The third-order valence-electron chi connectivity index (χ3n) is 4.44. The summed E-state index contributed by atoms with van der Waals surface area (Å²) in [5.74, 6) is -1.22. The molecule has 0 aliphatic rings. The number of aromatic nitrogens is 1. The first kappa shape index (κ1) is 21.4. The summed E-state index contributed by atoms with van der Waals surface area (Å²) in [5, 5.41) is 10.2. The van der Waals surface area contributed by atoms with Gasteiger partial charge in [0.15, 0.2) is 5.78 Å². The van der Waals surface area contributed by atoms with E-state index in [1.165, 1.54) is 30.3 Å². The molecule has 3 rings (SSSR count). The molecule has 0 amide bonds. The number of aromatic hydroxyl groups is 1. The largest absolute Gasteiger partial charge is 0.507 e. The van der Waals surface area contributed by atoms with Crippen LogP contribution in [0.15, 0.2) is 48.5 Å². The van der Waals surface area contributed by atoms with Crippen LogP contribution in [0, 0.1) is 12.7 Å². The Morgan fingerprint density at radius 3 is 2.53 bits per heavy atom. The van der Waals surface area contributed by atoms with Crippen LogP contribution in [-0.2, 0) is 16.6 Å². The molecule has 9 heteroatoms. The number of anilines is 1. The number of ketones is 1. The molecule has 1 aromatic heterocycles. The van der Waals surface area contributed by atoms with Gasteiger partial charge in [0.1, 0.15) is 17.4 Å². The van der Waals surface area contributed by atoms with E-state index in [9.17, 15) is 22.7 Å². The van der Waals surface area contributed by atoms with E-state index in [0.717, 1.165) is 6.26 Å². The van der Waals surface area contributed by atoms with Gasteiger partial charge < -0.3 is 10.8 Å². The van der Waals surface area contributed by atoms with Gasteiger partial charge in [-0.2, -0.15) is 0 Å². The number of benzene rings is 2. The molecule has 4 N–H and O–H groups in total. The number of hydrogen-bond acceptors (Lipinski definition) is 6. The molecule has 2 aromatic carbocycles. The normalized spacial score (nSPS) is 11.4. The maximum atomic E-state index is 14.2. The Morgan fingerprint density at radius 1 is 1.17 bits per heavy atom. The number of nitrogen functional groups attached to an aromatic ring is 1. The fourth-order valence-corrected chi connectivity index (χ4v) is 3.27. The molecule has 0 atom stereocenters. The second kappa shape index (κ2) is 8.21. The van der Waals surface area contributed by atoms with Gasteiger partial charge in [-0.05, 0) is 48.9 Å². The third-order valence-corrected chi connectivity index (χ3v) is 5.11. The zero-order chi connectivity index (χ0) is 22.1. The maximum Gasteiger partial charge on any atom is 0.209 e. The molecule has 0 fully saturated rings. The highest BCUT2D eigenvalue weighted by Crippen LogP contribution is 2.31. The number of rotatable bonds is 6. The van der Waals surface area contributed by atoms with Crippen LogP contribution in [0.25, 0.3) is 11.3 Å². The number of aryl methyl sites for hydroxylation is 1. The molecule has 0 radical (unpaired) electrons. The van der Waals surface area contributed by atoms with Crippen molar-refractivity contribution in [3.63, 3.8) is 0 Å². The summed E-state index contributed by atoms with van der Waals surface area (Å²) in [6.07, 6.45) is 1.03. The molecule has 0 bridgehead atoms. The summed E-state index contributed by atoms with van der Waals surface area (Å²) in [4.78, 5) is 16.9. The van der Waals surface area contributed by atoms with Gasteiger partial charge in [-0.1, -0.05) is 12.1 Å². The third kappa shape index (κ3) is 4.81. The Kier molecular flexibility index (Phi) is 5.86. The molecular weight excluding hydrogens is 409 g/mol. The minimum atomic E-state index is -3.40. The molecule has 0 saturated heterocycles. The molecule has 3 aromatic rings. The second-order valence-electron chi connectivity index (χ2n) is 6.88. The van der Waals surface area contributed by atoms with Crippen LogP contribution in [0.2, 0.25) is 0 Å². The molecule has 0 unspecified atom stereocenters. The highest BCUT2D eigenvalue weighted by molar-refractivity contribution is 7.88. The molecule has 0 spiro atoms. The maximum absolute atomic E-state index is 14.2. The molecule has 0 aliphatic carbocycles. The molecule has 30 heavy (non-hydrogen) atoms. The lowest BCUT2D eigenvalue weighted by molar-refractivity contribution is 0.103. The van der Waals surface area contributed by atoms with E-state index in [1.807, 2.05) is 0 Å². The van der Waals surface area contributed by atoms with E-state index in [2.05, 4.69) is 9.71 Å². The van der Waals surface area contributed by atoms with Crippen molar-refractivity contribution < 1.29 is 22.7 Å². The molecule has 1 heterocycles. The lowest BCUT2D eigenvalue weighted by atomic mass is 9.98. The number of pyridine rings is 1. The second-order valence-corrected chi connectivity index (χ2v) is 8.71. The molecule has 0 saturated carbocycles. The lowest BCUT2D eigenvalue weighted by Crippen LogP contribution is -2.22. The predicted molar refractivity (Wildman–Crippen MR) is 112 cm³/mol. The highest BCUT2D eigenvalue weighted by Gasteiger charge is 2.17. The predicted octanol–water partition coefficient (Wildman–Crippen LogP) is 2.76. The smallest absolute Gasteiger partial charge is 0.209 e. The van der Waals surface area contributed by atoms with Gasteiger partial charge in [0.05, 0.1) is 17.5 Å². The number of phenolic OH excluding ortho intramolecular Hbond substituents is 1. The number of halogens is 1. The zero-order valence-electron chi connectivity index (χ0n) is 16.3. The average molecular weight is 429 g/mol. The van der Waals surface area contributed by atoms with Crippen molar-refractivity contribution in [3.05, 3.63) is 76.6 Å². The van der Waals surface area contributed by atoms with Crippen LogP contribution >= 0.6 is 0 Å². The minimum Gasteiger partial charge on any atom is -0.507 e. The van der Waals surface area contributed by atoms with E-state index < -0.39 is 21.6 Å². The lowest BCUT2D eigenvalue weighted by Gasteiger charge is -2.11. The standard InChI is InChI=1S/C21H20FN3O4S/c1-12-3-6-15(17(22)9-12)20(27)13-5-8-19(26)16(10-13)18-7-4-14(21(23)25-18)11-24-30(2,28)29/h3-10,24,26H,11H2,1-2H3,(H2,23,25). The fourth-order valence-electron chi connectivity index (χ4n) is 2.85. The van der Waals surface area contributed by atoms with Crippen molar-refractivity contribution in [2.45, 2.75) is 13.5 Å². The highest BCUT2D eigenvalue weighted by atomic mass is 32.2. The first-order chi connectivity index (χ1) is 14.0. The fraction of sp³-hybridized carbons (Fsp3) is 0.143. The van der Waals surface area contributed by atoms with Crippen molar-refractivity contribution in [1.82, 2.24) is 9.71 Å². The number of nitrogens with zero attached hydrogens (tertiary/aromatic N) is 1. The number of carbonyl (C=O) groups is 1. The number of phenols is 1. The number of carbonyl (C=O) groups excluding carboxylic acids is 1. The molecule has 7 nitrogen and oxygen atoms in total. The van der Waals surface area contributed by atoms with Gasteiger partial charge in [0, 0.05) is 23.2 Å². The Bertz CT molecular complexity index is 1240. The number of nitrogens with two attached hydrogens (primary N) is 1. The Hall–Kier alpha value is -3.30. The van der Waals surface area contributed by atoms with Crippen LogP contribution < -0.4 is 10.5 Å². The van der Waals surface area contributed by atoms with Gasteiger partial charge >= 0.3 is 0 Å². The van der Waals surface area contributed by atoms with Crippen molar-refractivity contribution in [2.24, 2.45) is 0 Å². The monoisotopic (exact) mass is 429 g/mol. The summed E-state index contributed by atoms with van der Waals surface area (Å²) in [6.45, 7) is 1.69. The number of nitrogens with one attached hydrogen (secondary N) is 1. The summed E-state index contributed by atoms with van der Waals surface area (Å²) < 4.78 is 39.0. The van der Waals surface area contributed by atoms with Gasteiger partial charge in [0.2, 0.25) is 10.0 Å². The van der Waals surface area contributed by atoms with Crippen LogP contribution in [0.1, 0.15) is 27.0 Å². The SMILES string of the molecule is Cc1ccc(C(=O)c2ccc(O)c(-c3ccc(CNS(C)(=O)=O)c(N)n3)c2)c(F)c1. The van der Waals surface area contributed by atoms with Crippen LogP contribution in [-0.4, -0.2) is 30.5 Å². The van der Waals surface area contributed by atoms with Crippen LogP contribution in [0.4, 0.5) is 10.2 Å². The van der Waals surface area contributed by atoms with E-state index in [1.54, 1.807) is 25.1 Å². The minimum absolute atomic E-state index is 0.0326. The Balaban J connectivity index is 1.95. The Labute approximate surface area is 173 Å². The van der Waals surface area contributed by atoms with E-state index in [4.69, 9.17) is 5.73 Å². The topological polar surface area (TPSA) is 122 Å². The van der Waals surface area contributed by atoms with E-state index in [0.29, 0.717) is 11.1 Å². The van der Waals surface area contributed by atoms with Crippen molar-refractivity contribution >= 4 is 21.6 Å². The van der Waals surface area contributed by atoms with Gasteiger partial charge in [-0.15, -0.1) is 0 Å². The first-order valence-corrected chi connectivity index (χ1v) is 10.8. The van der Waals surface area contributed by atoms with Gasteiger partial charge in [0.25, 0.3) is 0 Å². The van der Waals surface area contributed by atoms with Crippen LogP contribution in [0.3, 0.4) is 0 Å². The van der Waals surface area contributed by atoms with Crippen LogP contribution in [0.5, 0.6) is 5.75 Å². The summed E-state index contributed by atoms with van der Waals surface area (Å²) in [7, 11) is -3.40. The summed E-state index contributed by atoms with van der Waals surface area (Å²) >= 11 is 0. The zero-order valence-corrected chi connectivity index (χ0v) is 17.1. The average Bonchev–Trinajstić information content (AvgIpc) is 2.66. The summed E-state index contributed by atoms with van der Waals surface area (Å²) in [6, 6.07) is 11.6. The van der Waals surface area contributed by atoms with Gasteiger partial charge in [-0.3, -0.25) is 4.79 Å². The summed E-state index contributed by atoms with van der Waals surface area (Å²) in [5.41, 5.74) is 7.69. The number of hydrogen-bond donors (Lipinski definition) is 3. The van der Waals surface area contributed by atoms with Crippen molar-refractivity contribution in [1.29, 1.82) is 0 Å². The Morgan fingerprint density at radius 2 is 1.90 bits per heavy atom. The number of sulfonamides is 1. The van der Waals surface area contributed by atoms with Crippen molar-refractivity contribution in [3.8, 4) is 17.0 Å².